The molecule has 0 aliphatic carbocycles. The maximum absolute atomic E-state index is 10.7. The minimum absolute atomic E-state index is 0.0290. The van der Waals surface area contributed by atoms with Crippen LogP contribution in [0.15, 0.2) is 0 Å². The summed E-state index contributed by atoms with van der Waals surface area (Å²) in [4.78, 5) is 22.7. The van der Waals surface area contributed by atoms with Crippen molar-refractivity contribution in [3.05, 3.63) is 0 Å². The maximum atomic E-state index is 10.7. The van der Waals surface area contributed by atoms with E-state index < -0.39 is 0 Å². The monoisotopic (exact) mass is 141 g/mol. The number of likely N-dealkylation sites (tertiary alicyclic amines) is 1. The first-order valence-corrected chi connectivity index (χ1v) is 3.44. The van der Waals surface area contributed by atoms with Crippen molar-refractivity contribution in [3.63, 3.8) is 0 Å². The first-order valence-electron chi connectivity index (χ1n) is 3.44. The van der Waals surface area contributed by atoms with E-state index in [1.54, 1.807) is 0 Å². The van der Waals surface area contributed by atoms with E-state index in [0.717, 1.165) is 0 Å². The highest BCUT2D eigenvalue weighted by molar-refractivity contribution is 6.14. The highest BCUT2D eigenvalue weighted by atomic mass is 16.2. The molecule has 0 spiro atoms. The van der Waals surface area contributed by atoms with Crippen molar-refractivity contribution in [2.75, 3.05) is 6.54 Å². The number of nitrogens with zero attached hydrogens (tertiary/aromatic N) is 1. The van der Waals surface area contributed by atoms with Crippen molar-refractivity contribution in [2.24, 2.45) is 5.92 Å². The van der Waals surface area contributed by atoms with Gasteiger partial charge in [0.1, 0.15) is 6.42 Å². The van der Waals surface area contributed by atoms with E-state index in [1.165, 1.54) is 4.90 Å². The van der Waals surface area contributed by atoms with E-state index in [4.69, 9.17) is 0 Å². The van der Waals surface area contributed by atoms with Crippen molar-refractivity contribution in [1.82, 2.24) is 4.90 Å². The summed E-state index contributed by atoms with van der Waals surface area (Å²) in [5.74, 6) is 0.325. The summed E-state index contributed by atoms with van der Waals surface area (Å²) in [5, 5.41) is 0. The third kappa shape index (κ3) is 1.17. The van der Waals surface area contributed by atoms with Crippen LogP contribution in [0.2, 0.25) is 0 Å². The first kappa shape index (κ1) is 7.25. The lowest BCUT2D eigenvalue weighted by Crippen LogP contribution is -2.50. The molecule has 2 amide bonds. The van der Waals surface area contributed by atoms with Gasteiger partial charge in [0.2, 0.25) is 11.8 Å². The van der Waals surface area contributed by atoms with Gasteiger partial charge in [-0.2, -0.15) is 0 Å². The minimum atomic E-state index is -0.0290. The second-order valence-corrected chi connectivity index (χ2v) is 2.97. The van der Waals surface area contributed by atoms with Gasteiger partial charge in [-0.25, -0.2) is 0 Å². The molecule has 1 saturated heterocycles. The number of amides is 2. The van der Waals surface area contributed by atoms with E-state index in [1.807, 2.05) is 13.8 Å². The summed E-state index contributed by atoms with van der Waals surface area (Å²) >= 11 is 0. The third-order valence-electron chi connectivity index (χ3n) is 1.45. The van der Waals surface area contributed by atoms with Crippen LogP contribution in [-0.2, 0) is 9.59 Å². The Morgan fingerprint density at radius 3 is 2.10 bits per heavy atom. The lowest BCUT2D eigenvalue weighted by atomic mass is 10.1. The second-order valence-electron chi connectivity index (χ2n) is 2.97. The van der Waals surface area contributed by atoms with Gasteiger partial charge in [0, 0.05) is 6.54 Å². The molecule has 3 heteroatoms. The molecular weight excluding hydrogens is 130 g/mol. The van der Waals surface area contributed by atoms with Crippen molar-refractivity contribution >= 4 is 11.8 Å². The fourth-order valence-electron chi connectivity index (χ4n) is 0.937. The molecule has 10 heavy (non-hydrogen) atoms. The molecule has 0 radical (unpaired) electrons. The number of hydrogen-bond donors (Lipinski definition) is 0. The highest BCUT2D eigenvalue weighted by Crippen LogP contribution is 2.12. The summed E-state index contributed by atoms with van der Waals surface area (Å²) in [6.45, 7) is 4.55. The van der Waals surface area contributed by atoms with Gasteiger partial charge in [-0.1, -0.05) is 13.8 Å². The quantitative estimate of drug-likeness (QED) is 0.412. The average molecular weight is 141 g/mol. The zero-order valence-corrected chi connectivity index (χ0v) is 6.26. The van der Waals surface area contributed by atoms with Gasteiger partial charge in [0.25, 0.3) is 0 Å². The predicted octanol–water partition coefficient (Wildman–Crippen LogP) is 0.401. The average Bonchev–Trinajstić information content (AvgIpc) is 1.84. The normalized spacial score (nSPS) is 18.1. The van der Waals surface area contributed by atoms with Crippen LogP contribution in [0.5, 0.6) is 0 Å². The van der Waals surface area contributed by atoms with Crippen LogP contribution in [0.3, 0.4) is 0 Å². The van der Waals surface area contributed by atoms with Gasteiger partial charge in [-0.15, -0.1) is 0 Å². The zero-order chi connectivity index (χ0) is 7.72. The Hall–Kier alpha value is -0.860. The summed E-state index contributed by atoms with van der Waals surface area (Å²) in [6.07, 6.45) is 0.118. The zero-order valence-electron chi connectivity index (χ0n) is 6.26. The summed E-state index contributed by atoms with van der Waals surface area (Å²) in [7, 11) is 0. The van der Waals surface area contributed by atoms with Crippen LogP contribution in [-0.4, -0.2) is 23.3 Å². The highest BCUT2D eigenvalue weighted by Gasteiger charge is 2.33. The molecule has 0 aromatic rings. The Kier molecular flexibility index (Phi) is 1.74. The minimum Gasteiger partial charge on any atom is -0.281 e. The predicted molar refractivity (Wildman–Crippen MR) is 36.2 cm³/mol. The molecule has 0 bridgehead atoms. The van der Waals surface area contributed by atoms with Crippen LogP contribution in [0.1, 0.15) is 20.3 Å². The molecule has 1 heterocycles. The Bertz CT molecular complexity index is 160. The molecule has 0 aromatic heterocycles. The van der Waals surface area contributed by atoms with E-state index in [-0.39, 0.29) is 18.2 Å². The second kappa shape index (κ2) is 2.40. The fourth-order valence-corrected chi connectivity index (χ4v) is 0.937. The van der Waals surface area contributed by atoms with E-state index in [9.17, 15) is 9.59 Å². The summed E-state index contributed by atoms with van der Waals surface area (Å²) < 4.78 is 0. The number of hydrogen-bond acceptors (Lipinski definition) is 2. The lowest BCUT2D eigenvalue weighted by Gasteiger charge is -2.29. The maximum Gasteiger partial charge on any atom is 0.238 e. The van der Waals surface area contributed by atoms with Crippen LogP contribution in [0.25, 0.3) is 0 Å². The Morgan fingerprint density at radius 2 is 1.90 bits per heavy atom. The molecule has 0 atom stereocenters. The summed E-state index contributed by atoms with van der Waals surface area (Å²) in [5.41, 5.74) is 0. The first-order chi connectivity index (χ1) is 4.61. The molecule has 0 saturated carbocycles. The molecule has 1 rings (SSSR count). The molecule has 1 fully saturated rings. The van der Waals surface area contributed by atoms with E-state index >= 15 is 0 Å². The van der Waals surface area contributed by atoms with Gasteiger partial charge < -0.3 is 0 Å². The van der Waals surface area contributed by atoms with Crippen LogP contribution < -0.4 is 0 Å². The van der Waals surface area contributed by atoms with E-state index in [0.29, 0.717) is 12.5 Å². The van der Waals surface area contributed by atoms with Gasteiger partial charge in [-0.05, 0) is 5.92 Å². The fraction of sp³-hybridized carbons (Fsp3) is 0.714. The molecule has 1 aliphatic rings. The largest absolute Gasteiger partial charge is 0.281 e. The molecular formula is C7H11NO2. The molecule has 1 aliphatic heterocycles. The number of carbonyl (C=O) groups is 2. The SMILES string of the molecule is CC(C)CN1C(=O)CC1=O. The molecule has 0 aromatic carbocycles. The van der Waals surface area contributed by atoms with Gasteiger partial charge in [0.05, 0.1) is 0 Å². The Morgan fingerprint density at radius 1 is 1.40 bits per heavy atom. The van der Waals surface area contributed by atoms with Gasteiger partial charge >= 0.3 is 0 Å². The van der Waals surface area contributed by atoms with E-state index in [2.05, 4.69) is 0 Å². The van der Waals surface area contributed by atoms with Crippen molar-refractivity contribution in [2.45, 2.75) is 20.3 Å². The van der Waals surface area contributed by atoms with Crippen molar-refractivity contribution in [1.29, 1.82) is 0 Å². The van der Waals surface area contributed by atoms with Crippen LogP contribution in [0.4, 0.5) is 0 Å². The number of carbonyl (C=O) groups excluding carboxylic acids is 2. The lowest BCUT2D eigenvalue weighted by molar-refractivity contribution is -0.158. The Balaban J connectivity index is 2.41. The number of β-lactam (4-membered cyclic amide) rings is 2. The molecule has 0 unspecified atom stereocenters. The smallest absolute Gasteiger partial charge is 0.238 e. The number of rotatable bonds is 2. The molecule has 0 N–H and O–H groups in total. The standard InChI is InChI=1S/C7H11NO2/c1-5(2)4-8-6(9)3-7(8)10/h5H,3-4H2,1-2H3. The van der Waals surface area contributed by atoms with Crippen molar-refractivity contribution < 1.29 is 9.59 Å². The topological polar surface area (TPSA) is 37.4 Å². The van der Waals surface area contributed by atoms with Crippen LogP contribution >= 0.6 is 0 Å². The third-order valence-corrected chi connectivity index (χ3v) is 1.45. The van der Waals surface area contributed by atoms with Gasteiger partial charge in [-0.3, -0.25) is 14.5 Å². The number of imide groups is 1. The Labute approximate surface area is 60.0 Å². The molecule has 56 valence electrons. The summed E-state index contributed by atoms with van der Waals surface area (Å²) in [6, 6.07) is 0. The van der Waals surface area contributed by atoms with Crippen LogP contribution in [0, 0.1) is 5.92 Å². The molecule has 3 nitrogen and oxygen atoms in total. The van der Waals surface area contributed by atoms with Crippen molar-refractivity contribution in [3.8, 4) is 0 Å². The van der Waals surface area contributed by atoms with Gasteiger partial charge in [0.15, 0.2) is 0 Å².